The van der Waals surface area contributed by atoms with Crippen LogP contribution in [0.25, 0.3) is 11.2 Å². The molecule has 0 bridgehead atoms. The van der Waals surface area contributed by atoms with E-state index in [-0.39, 0.29) is 5.91 Å². The Balaban J connectivity index is 1.37. The van der Waals surface area contributed by atoms with E-state index in [0.717, 1.165) is 30.0 Å². The molecule has 0 unspecified atom stereocenters. The number of hydrogen-bond acceptors (Lipinski definition) is 4. The molecule has 0 aliphatic rings. The first kappa shape index (κ1) is 17.9. The van der Waals surface area contributed by atoms with E-state index in [1.165, 1.54) is 5.56 Å². The highest BCUT2D eigenvalue weighted by Gasteiger charge is 2.10. The summed E-state index contributed by atoms with van der Waals surface area (Å²) in [5.74, 6) is 0.849. The van der Waals surface area contributed by atoms with Gasteiger partial charge in [0.1, 0.15) is 11.3 Å². The maximum Gasteiger partial charge on any atom is 0.252 e. The third kappa shape index (κ3) is 3.93. The summed E-state index contributed by atoms with van der Waals surface area (Å²) in [4.78, 5) is 25.5. The summed E-state index contributed by atoms with van der Waals surface area (Å²) in [7, 11) is 0. The molecule has 3 heterocycles. The van der Waals surface area contributed by atoms with E-state index in [4.69, 9.17) is 0 Å². The zero-order valence-corrected chi connectivity index (χ0v) is 15.7. The maximum atomic E-state index is 12.4. The topological polar surface area (TPSA) is 77.6 Å². The zero-order valence-electron chi connectivity index (χ0n) is 15.7. The number of carbonyl (C=O) groups excluding carboxylic acids is 1. The number of hydrogen-bond donors (Lipinski definition) is 1. The first-order chi connectivity index (χ1) is 13.7. The summed E-state index contributed by atoms with van der Waals surface area (Å²) in [6.45, 7) is 4.09. The minimum atomic E-state index is -0.130. The number of rotatable bonds is 7. The second-order valence-corrected chi connectivity index (χ2v) is 6.70. The van der Waals surface area contributed by atoms with Gasteiger partial charge in [-0.05, 0) is 25.0 Å². The van der Waals surface area contributed by atoms with Crippen LogP contribution >= 0.6 is 0 Å². The molecule has 7 heteroatoms. The largest absolute Gasteiger partial charge is 0.352 e. The first-order valence-electron chi connectivity index (χ1n) is 9.31. The van der Waals surface area contributed by atoms with Gasteiger partial charge in [0.15, 0.2) is 5.65 Å². The summed E-state index contributed by atoms with van der Waals surface area (Å²) in [5, 5.41) is 2.94. The third-order valence-electron chi connectivity index (χ3n) is 4.70. The van der Waals surface area contributed by atoms with Crippen LogP contribution in [0.1, 0.15) is 28.2 Å². The van der Waals surface area contributed by atoms with E-state index < -0.39 is 0 Å². The predicted octanol–water partition coefficient (Wildman–Crippen LogP) is 2.80. The van der Waals surface area contributed by atoms with Gasteiger partial charge in [0.25, 0.3) is 5.91 Å². The molecule has 28 heavy (non-hydrogen) atoms. The highest BCUT2D eigenvalue weighted by Crippen LogP contribution is 2.14. The average molecular weight is 374 g/mol. The van der Waals surface area contributed by atoms with Crippen molar-refractivity contribution < 1.29 is 4.79 Å². The zero-order chi connectivity index (χ0) is 19.3. The molecule has 142 valence electrons. The van der Waals surface area contributed by atoms with E-state index in [0.29, 0.717) is 18.7 Å². The van der Waals surface area contributed by atoms with Crippen molar-refractivity contribution in [1.82, 2.24) is 29.4 Å². The number of pyridine rings is 1. The Morgan fingerprint density at radius 2 is 1.96 bits per heavy atom. The van der Waals surface area contributed by atoms with Crippen molar-refractivity contribution in [3.63, 3.8) is 0 Å². The highest BCUT2D eigenvalue weighted by molar-refractivity contribution is 5.96. The molecule has 4 aromatic rings. The number of benzene rings is 1. The third-order valence-corrected chi connectivity index (χ3v) is 4.70. The lowest BCUT2D eigenvalue weighted by Gasteiger charge is -2.07. The molecule has 0 saturated heterocycles. The Morgan fingerprint density at radius 1 is 1.11 bits per heavy atom. The standard InChI is InChI=1S/C21H22N6O/c1-16-22-9-11-26(16)10-5-8-23-21(28)18-12-19-20(24-13-18)27(15-25-19)14-17-6-3-2-4-7-17/h2-4,6-7,9,11-13,15H,5,8,10,14H2,1H3,(H,23,28). The molecule has 0 radical (unpaired) electrons. The molecule has 0 atom stereocenters. The quantitative estimate of drug-likeness (QED) is 0.505. The van der Waals surface area contributed by atoms with Gasteiger partial charge in [-0.2, -0.15) is 0 Å². The number of aromatic nitrogens is 5. The van der Waals surface area contributed by atoms with Gasteiger partial charge in [-0.3, -0.25) is 4.79 Å². The fraction of sp³-hybridized carbons (Fsp3) is 0.238. The van der Waals surface area contributed by atoms with E-state index in [1.54, 1.807) is 24.8 Å². The molecular weight excluding hydrogens is 352 g/mol. The van der Waals surface area contributed by atoms with Gasteiger partial charge in [0.2, 0.25) is 0 Å². The van der Waals surface area contributed by atoms with E-state index in [9.17, 15) is 4.79 Å². The molecule has 0 fully saturated rings. The van der Waals surface area contributed by atoms with Crippen molar-refractivity contribution in [2.24, 2.45) is 0 Å². The second-order valence-electron chi connectivity index (χ2n) is 6.70. The smallest absolute Gasteiger partial charge is 0.252 e. The van der Waals surface area contributed by atoms with Crippen LogP contribution in [0.15, 0.2) is 61.3 Å². The summed E-state index contributed by atoms with van der Waals surface area (Å²) in [6, 6.07) is 11.9. The van der Waals surface area contributed by atoms with Gasteiger partial charge >= 0.3 is 0 Å². The first-order valence-corrected chi connectivity index (χ1v) is 9.31. The Kier molecular flexibility index (Phi) is 5.14. The van der Waals surface area contributed by atoms with Crippen LogP contribution in [0.2, 0.25) is 0 Å². The van der Waals surface area contributed by atoms with Crippen LogP contribution in [-0.4, -0.2) is 36.5 Å². The molecule has 7 nitrogen and oxygen atoms in total. The number of imidazole rings is 2. The number of amides is 1. The number of fused-ring (bicyclic) bond motifs is 1. The van der Waals surface area contributed by atoms with Crippen LogP contribution in [0.4, 0.5) is 0 Å². The van der Waals surface area contributed by atoms with Crippen molar-refractivity contribution in [2.75, 3.05) is 6.54 Å². The Labute approximate surface area is 163 Å². The monoisotopic (exact) mass is 374 g/mol. The number of nitrogens with zero attached hydrogens (tertiary/aromatic N) is 5. The number of aryl methyl sites for hydroxylation is 2. The fourth-order valence-electron chi connectivity index (χ4n) is 3.16. The summed E-state index contributed by atoms with van der Waals surface area (Å²) < 4.78 is 4.05. The lowest BCUT2D eigenvalue weighted by molar-refractivity contribution is 0.0952. The lowest BCUT2D eigenvalue weighted by atomic mass is 10.2. The summed E-state index contributed by atoms with van der Waals surface area (Å²) in [5.41, 5.74) is 3.20. The van der Waals surface area contributed by atoms with Crippen LogP contribution in [-0.2, 0) is 13.1 Å². The van der Waals surface area contributed by atoms with Gasteiger partial charge in [-0.1, -0.05) is 30.3 Å². The molecule has 3 aromatic heterocycles. The van der Waals surface area contributed by atoms with E-state index in [1.807, 2.05) is 35.9 Å². The predicted molar refractivity (Wildman–Crippen MR) is 107 cm³/mol. The van der Waals surface area contributed by atoms with Crippen LogP contribution in [0.5, 0.6) is 0 Å². The fourth-order valence-corrected chi connectivity index (χ4v) is 3.16. The molecule has 1 amide bonds. The molecule has 0 aliphatic heterocycles. The highest BCUT2D eigenvalue weighted by atomic mass is 16.1. The minimum Gasteiger partial charge on any atom is -0.352 e. The normalized spacial score (nSPS) is 11.0. The van der Waals surface area contributed by atoms with Crippen molar-refractivity contribution >= 4 is 17.1 Å². The molecule has 0 saturated carbocycles. The van der Waals surface area contributed by atoms with Crippen LogP contribution in [0, 0.1) is 6.92 Å². The minimum absolute atomic E-state index is 0.130. The maximum absolute atomic E-state index is 12.4. The molecule has 0 spiro atoms. The van der Waals surface area contributed by atoms with Crippen LogP contribution < -0.4 is 5.32 Å². The van der Waals surface area contributed by atoms with Crippen molar-refractivity contribution in [2.45, 2.75) is 26.4 Å². The molecule has 0 aliphatic carbocycles. The van der Waals surface area contributed by atoms with Gasteiger partial charge in [-0.25, -0.2) is 15.0 Å². The molecule has 1 N–H and O–H groups in total. The molecule has 4 rings (SSSR count). The molecular formula is C21H22N6O. The van der Waals surface area contributed by atoms with Gasteiger partial charge in [-0.15, -0.1) is 0 Å². The van der Waals surface area contributed by atoms with Crippen molar-refractivity contribution in [3.05, 3.63) is 78.3 Å². The van der Waals surface area contributed by atoms with Crippen molar-refractivity contribution in [1.29, 1.82) is 0 Å². The van der Waals surface area contributed by atoms with E-state index in [2.05, 4.69) is 37.0 Å². The van der Waals surface area contributed by atoms with Crippen LogP contribution in [0.3, 0.4) is 0 Å². The number of nitrogens with one attached hydrogen (secondary N) is 1. The lowest BCUT2D eigenvalue weighted by Crippen LogP contribution is -2.25. The Hall–Kier alpha value is -3.48. The van der Waals surface area contributed by atoms with E-state index >= 15 is 0 Å². The Bertz CT molecular complexity index is 1080. The van der Waals surface area contributed by atoms with Gasteiger partial charge in [0, 0.05) is 31.7 Å². The SMILES string of the molecule is Cc1nccn1CCCNC(=O)c1cnc2c(c1)ncn2Cc1ccccc1. The van der Waals surface area contributed by atoms with Crippen molar-refractivity contribution in [3.8, 4) is 0 Å². The van der Waals surface area contributed by atoms with Gasteiger partial charge in [0.05, 0.1) is 18.4 Å². The average Bonchev–Trinajstić information content (AvgIpc) is 3.31. The summed E-state index contributed by atoms with van der Waals surface area (Å²) in [6.07, 6.45) is 7.94. The number of carbonyl (C=O) groups is 1. The van der Waals surface area contributed by atoms with Gasteiger partial charge < -0.3 is 14.5 Å². The molecule has 1 aromatic carbocycles. The second kappa shape index (κ2) is 8.04. The summed E-state index contributed by atoms with van der Waals surface area (Å²) >= 11 is 0. The Morgan fingerprint density at radius 3 is 2.75 bits per heavy atom.